The van der Waals surface area contributed by atoms with Gasteiger partial charge in [0, 0.05) is 0 Å². The Hall–Kier alpha value is -1.14. The Morgan fingerprint density at radius 3 is 1.36 bits per heavy atom. The van der Waals surface area contributed by atoms with Crippen molar-refractivity contribution in [2.24, 2.45) is 5.41 Å². The summed E-state index contributed by atoms with van der Waals surface area (Å²) in [5.74, 6) is -0.550. The number of carbonyl (C=O) groups excluding carboxylic acids is 2. The molecule has 3 saturated carbocycles. The van der Waals surface area contributed by atoms with Gasteiger partial charge in [-0.25, -0.2) is 0 Å². The van der Waals surface area contributed by atoms with Gasteiger partial charge in [-0.2, -0.15) is 0 Å². The minimum atomic E-state index is -1.07. The van der Waals surface area contributed by atoms with Crippen LogP contribution in [-0.4, -0.2) is 45.3 Å². The van der Waals surface area contributed by atoms with Gasteiger partial charge < -0.3 is 20.8 Å². The summed E-state index contributed by atoms with van der Waals surface area (Å²) >= 11 is 0. The molecule has 3 aliphatic rings. The van der Waals surface area contributed by atoms with Crippen LogP contribution in [0.15, 0.2) is 0 Å². The third kappa shape index (κ3) is 3.19. The second-order valence-corrected chi connectivity index (χ2v) is 8.59. The number of aliphatic hydroxyl groups is 2. The lowest BCUT2D eigenvalue weighted by Gasteiger charge is -2.44. The normalized spacial score (nSPS) is 28.2. The second-order valence-electron chi connectivity index (χ2n) is 8.59. The van der Waals surface area contributed by atoms with Crippen LogP contribution in [0.3, 0.4) is 0 Å². The Kier molecular flexibility index (Phi) is 4.88. The van der Waals surface area contributed by atoms with Gasteiger partial charge in [0.1, 0.15) is 5.41 Å². The Bertz CT molecular complexity index is 492. The Morgan fingerprint density at radius 1 is 0.720 bits per heavy atom. The summed E-state index contributed by atoms with van der Waals surface area (Å²) in [6.45, 7) is 3.63. The lowest BCUT2D eigenvalue weighted by Crippen LogP contribution is -2.62. The first-order valence-electron chi connectivity index (χ1n) is 9.79. The molecule has 0 aliphatic heterocycles. The molecular formula is C19H32N2O4. The largest absolute Gasteiger partial charge is 0.388 e. The standard InChI is InChI=1S/C19H32N2O4/c1-13(18(24)9-5-10-18)20-15(22)17(7-3-4-8-17)16(23)21-14(2)19(25)11-6-12-19/h13-14,24-25H,3-12H2,1-2H3,(H,20,22)(H,21,23)/t13-,14-/m1/s1. The SMILES string of the molecule is C[C@@H](NC(=O)C1(C(=O)N[C@H](C)C2(O)CCC2)CCCC1)C1(O)CCC1. The first-order valence-corrected chi connectivity index (χ1v) is 9.79. The van der Waals surface area contributed by atoms with E-state index in [9.17, 15) is 19.8 Å². The average molecular weight is 352 g/mol. The summed E-state index contributed by atoms with van der Waals surface area (Å²) < 4.78 is 0. The van der Waals surface area contributed by atoms with Crippen LogP contribution < -0.4 is 10.6 Å². The third-order valence-electron chi connectivity index (χ3n) is 7.07. The van der Waals surface area contributed by atoms with Gasteiger partial charge in [-0.1, -0.05) is 12.8 Å². The monoisotopic (exact) mass is 352 g/mol. The highest BCUT2D eigenvalue weighted by atomic mass is 16.3. The first-order chi connectivity index (χ1) is 11.7. The Balaban J connectivity index is 1.67. The third-order valence-corrected chi connectivity index (χ3v) is 7.07. The molecule has 0 unspecified atom stereocenters. The van der Waals surface area contributed by atoms with Crippen molar-refractivity contribution in [1.29, 1.82) is 0 Å². The van der Waals surface area contributed by atoms with Crippen LogP contribution >= 0.6 is 0 Å². The van der Waals surface area contributed by atoms with Crippen LogP contribution in [0, 0.1) is 5.41 Å². The molecule has 3 fully saturated rings. The maximum absolute atomic E-state index is 13.0. The van der Waals surface area contributed by atoms with Crippen LogP contribution in [-0.2, 0) is 9.59 Å². The van der Waals surface area contributed by atoms with Crippen molar-refractivity contribution >= 4 is 11.8 Å². The van der Waals surface area contributed by atoms with E-state index < -0.39 is 16.6 Å². The summed E-state index contributed by atoms with van der Waals surface area (Å²) in [5, 5.41) is 26.7. The molecule has 0 radical (unpaired) electrons. The number of rotatable bonds is 6. The van der Waals surface area contributed by atoms with E-state index in [0.29, 0.717) is 38.5 Å². The van der Waals surface area contributed by atoms with Crippen LogP contribution in [0.2, 0.25) is 0 Å². The first kappa shape index (κ1) is 18.6. The number of nitrogens with one attached hydrogen (secondary N) is 2. The van der Waals surface area contributed by atoms with Crippen LogP contribution in [0.4, 0.5) is 0 Å². The predicted octanol–water partition coefficient (Wildman–Crippen LogP) is 1.39. The molecule has 0 saturated heterocycles. The molecular weight excluding hydrogens is 320 g/mol. The molecule has 0 spiro atoms. The predicted molar refractivity (Wildman–Crippen MR) is 93.7 cm³/mol. The van der Waals surface area contributed by atoms with E-state index >= 15 is 0 Å². The van der Waals surface area contributed by atoms with Gasteiger partial charge in [-0.15, -0.1) is 0 Å². The van der Waals surface area contributed by atoms with Gasteiger partial charge >= 0.3 is 0 Å². The van der Waals surface area contributed by atoms with Gasteiger partial charge in [0.05, 0.1) is 23.3 Å². The minimum Gasteiger partial charge on any atom is -0.388 e. The maximum Gasteiger partial charge on any atom is 0.236 e. The fraction of sp³-hybridized carbons (Fsp3) is 0.895. The van der Waals surface area contributed by atoms with Gasteiger partial charge in [-0.05, 0) is 65.2 Å². The summed E-state index contributed by atoms with van der Waals surface area (Å²) in [4.78, 5) is 25.9. The van der Waals surface area contributed by atoms with Gasteiger partial charge in [0.25, 0.3) is 0 Å². The molecule has 142 valence electrons. The molecule has 0 aromatic rings. The summed E-state index contributed by atoms with van der Waals surface area (Å²) in [6.07, 6.45) is 7.46. The highest BCUT2D eigenvalue weighted by Gasteiger charge is 2.51. The average Bonchev–Trinajstić information content (AvgIpc) is 3.00. The number of hydrogen-bond acceptors (Lipinski definition) is 4. The minimum absolute atomic E-state index is 0.275. The molecule has 2 atom stereocenters. The second kappa shape index (κ2) is 6.54. The lowest BCUT2D eigenvalue weighted by molar-refractivity contribution is -0.148. The van der Waals surface area contributed by atoms with E-state index in [1.807, 2.05) is 13.8 Å². The van der Waals surface area contributed by atoms with Crippen molar-refractivity contribution in [2.75, 3.05) is 0 Å². The van der Waals surface area contributed by atoms with Crippen molar-refractivity contribution in [3.05, 3.63) is 0 Å². The molecule has 3 aliphatic carbocycles. The van der Waals surface area contributed by atoms with Gasteiger partial charge in [0.2, 0.25) is 11.8 Å². The highest BCUT2D eigenvalue weighted by Crippen LogP contribution is 2.41. The van der Waals surface area contributed by atoms with Crippen molar-refractivity contribution in [3.63, 3.8) is 0 Å². The van der Waals surface area contributed by atoms with Crippen LogP contribution in [0.1, 0.15) is 78.1 Å². The molecule has 0 bridgehead atoms. The Labute approximate surface area is 149 Å². The Morgan fingerprint density at radius 2 is 1.08 bits per heavy atom. The van der Waals surface area contributed by atoms with Crippen LogP contribution in [0.25, 0.3) is 0 Å². The zero-order valence-electron chi connectivity index (χ0n) is 15.4. The van der Waals surface area contributed by atoms with E-state index in [1.165, 1.54) is 0 Å². The smallest absolute Gasteiger partial charge is 0.236 e. The molecule has 3 rings (SSSR count). The van der Waals surface area contributed by atoms with Crippen molar-refractivity contribution in [1.82, 2.24) is 10.6 Å². The highest BCUT2D eigenvalue weighted by molar-refractivity contribution is 6.05. The van der Waals surface area contributed by atoms with E-state index in [1.54, 1.807) is 0 Å². The zero-order chi connectivity index (χ0) is 18.3. The molecule has 6 nitrogen and oxygen atoms in total. The van der Waals surface area contributed by atoms with E-state index in [4.69, 9.17) is 0 Å². The molecule has 6 heteroatoms. The van der Waals surface area contributed by atoms with Crippen LogP contribution in [0.5, 0.6) is 0 Å². The molecule has 4 N–H and O–H groups in total. The zero-order valence-corrected chi connectivity index (χ0v) is 15.4. The number of carbonyl (C=O) groups is 2. The van der Waals surface area contributed by atoms with E-state index in [-0.39, 0.29) is 23.9 Å². The molecule has 0 heterocycles. The molecule has 0 aromatic heterocycles. The summed E-state index contributed by atoms with van der Waals surface area (Å²) in [6, 6.07) is -0.709. The van der Waals surface area contributed by atoms with Gasteiger partial charge in [0.15, 0.2) is 0 Å². The quantitative estimate of drug-likeness (QED) is 0.543. The number of hydrogen-bond donors (Lipinski definition) is 4. The maximum atomic E-state index is 13.0. The van der Waals surface area contributed by atoms with E-state index in [0.717, 1.165) is 25.7 Å². The fourth-order valence-electron chi connectivity index (χ4n) is 4.42. The lowest BCUT2D eigenvalue weighted by atomic mass is 9.74. The molecule has 0 aromatic carbocycles. The molecule has 2 amide bonds. The van der Waals surface area contributed by atoms with Crippen molar-refractivity contribution in [2.45, 2.75) is 101 Å². The summed E-state index contributed by atoms with van der Waals surface area (Å²) in [7, 11) is 0. The molecule has 25 heavy (non-hydrogen) atoms. The van der Waals surface area contributed by atoms with Crippen molar-refractivity contribution < 1.29 is 19.8 Å². The van der Waals surface area contributed by atoms with E-state index in [2.05, 4.69) is 10.6 Å². The topological polar surface area (TPSA) is 98.7 Å². The van der Waals surface area contributed by atoms with Gasteiger partial charge in [-0.3, -0.25) is 9.59 Å². The van der Waals surface area contributed by atoms with Crippen molar-refractivity contribution in [3.8, 4) is 0 Å². The summed E-state index contributed by atoms with van der Waals surface area (Å²) in [5.41, 5.74) is -2.73. The fourth-order valence-corrected chi connectivity index (χ4v) is 4.42. The number of amides is 2.